The van der Waals surface area contributed by atoms with Crippen LogP contribution in [0.25, 0.3) is 0 Å². The van der Waals surface area contributed by atoms with Gasteiger partial charge in [0.2, 0.25) is 5.91 Å². The van der Waals surface area contributed by atoms with E-state index < -0.39 is 0 Å². The minimum absolute atomic E-state index is 0.0356. The Morgan fingerprint density at radius 1 is 0.968 bits per heavy atom. The van der Waals surface area contributed by atoms with Crippen LogP contribution in [0.5, 0.6) is 11.5 Å². The fourth-order valence-corrected chi connectivity index (χ4v) is 4.80. The summed E-state index contributed by atoms with van der Waals surface area (Å²) in [4.78, 5) is 29.2. The Bertz CT molecular complexity index is 989. The Morgan fingerprint density at radius 3 is 2.68 bits per heavy atom. The van der Waals surface area contributed by atoms with Gasteiger partial charge in [-0.15, -0.1) is 0 Å². The summed E-state index contributed by atoms with van der Waals surface area (Å²) >= 11 is 0. The van der Waals surface area contributed by atoms with Gasteiger partial charge in [0.15, 0.2) is 11.5 Å². The van der Waals surface area contributed by atoms with Gasteiger partial charge in [0.05, 0.1) is 19.3 Å². The van der Waals surface area contributed by atoms with Crippen molar-refractivity contribution in [1.82, 2.24) is 9.80 Å². The van der Waals surface area contributed by atoms with Crippen LogP contribution in [0.2, 0.25) is 0 Å². The lowest BCUT2D eigenvalue weighted by molar-refractivity contribution is -0.128. The number of rotatable bonds is 4. The van der Waals surface area contributed by atoms with Gasteiger partial charge < -0.3 is 19.3 Å². The molecule has 6 nitrogen and oxygen atoms in total. The summed E-state index contributed by atoms with van der Waals surface area (Å²) in [6, 6.07) is 13.8. The first-order valence-electron chi connectivity index (χ1n) is 11.3. The largest absolute Gasteiger partial charge is 0.490 e. The van der Waals surface area contributed by atoms with Crippen molar-refractivity contribution < 1.29 is 19.1 Å². The van der Waals surface area contributed by atoms with E-state index in [0.29, 0.717) is 31.7 Å². The number of benzene rings is 2. The molecule has 5 rings (SSSR count). The van der Waals surface area contributed by atoms with Crippen LogP contribution >= 0.6 is 0 Å². The first-order valence-corrected chi connectivity index (χ1v) is 11.3. The van der Waals surface area contributed by atoms with Crippen LogP contribution in [-0.4, -0.2) is 47.9 Å². The molecule has 6 heteroatoms. The Kier molecular flexibility index (Phi) is 5.53. The molecule has 0 radical (unpaired) electrons. The first-order chi connectivity index (χ1) is 15.2. The van der Waals surface area contributed by atoms with Crippen molar-refractivity contribution in [2.45, 2.75) is 44.7 Å². The van der Waals surface area contributed by atoms with Crippen molar-refractivity contribution in [2.24, 2.45) is 0 Å². The third kappa shape index (κ3) is 4.11. The van der Waals surface area contributed by atoms with Gasteiger partial charge in [0.1, 0.15) is 0 Å². The van der Waals surface area contributed by atoms with Crippen LogP contribution in [0.4, 0.5) is 0 Å². The molecule has 2 saturated heterocycles. The fraction of sp³-hybridized carbons (Fsp3) is 0.440. The highest BCUT2D eigenvalue weighted by Gasteiger charge is 2.31. The molecule has 0 bridgehead atoms. The van der Waals surface area contributed by atoms with E-state index in [9.17, 15) is 9.59 Å². The van der Waals surface area contributed by atoms with E-state index in [1.807, 2.05) is 46.2 Å². The van der Waals surface area contributed by atoms with Crippen LogP contribution < -0.4 is 9.47 Å². The topological polar surface area (TPSA) is 59.1 Å². The maximum atomic E-state index is 13.4. The van der Waals surface area contributed by atoms with E-state index in [-0.39, 0.29) is 17.9 Å². The van der Waals surface area contributed by atoms with Crippen molar-refractivity contribution >= 4 is 11.8 Å². The van der Waals surface area contributed by atoms with Crippen LogP contribution in [0.3, 0.4) is 0 Å². The van der Waals surface area contributed by atoms with Crippen LogP contribution in [0.1, 0.15) is 59.6 Å². The Labute approximate surface area is 182 Å². The Balaban J connectivity index is 1.35. The molecule has 1 unspecified atom stereocenters. The third-order valence-corrected chi connectivity index (χ3v) is 6.39. The van der Waals surface area contributed by atoms with Gasteiger partial charge in [0, 0.05) is 38.0 Å². The standard InChI is InChI=1S/C25H28N2O4/c28-24-8-3-11-26(24)17-18-5-1-6-20(15-18)25(29)27-12-2-7-21(27)19-9-10-22-23(16-19)31-14-4-13-30-22/h1,5-6,9-10,15-16,21H,2-4,7-8,11-14,17H2. The van der Waals surface area contributed by atoms with Crippen molar-refractivity contribution in [2.75, 3.05) is 26.3 Å². The average Bonchev–Trinajstić information content (AvgIpc) is 3.36. The summed E-state index contributed by atoms with van der Waals surface area (Å²) in [6.07, 6.45) is 4.34. The number of carbonyl (C=O) groups is 2. The molecule has 0 spiro atoms. The molecule has 3 aliphatic rings. The van der Waals surface area contributed by atoms with Crippen molar-refractivity contribution in [3.8, 4) is 11.5 Å². The number of fused-ring (bicyclic) bond motifs is 1. The highest BCUT2D eigenvalue weighted by atomic mass is 16.5. The number of hydrogen-bond donors (Lipinski definition) is 0. The normalized spacial score (nSPS) is 20.8. The molecular weight excluding hydrogens is 392 g/mol. The predicted molar refractivity (Wildman–Crippen MR) is 116 cm³/mol. The summed E-state index contributed by atoms with van der Waals surface area (Å²) < 4.78 is 11.6. The molecule has 0 aliphatic carbocycles. The average molecular weight is 421 g/mol. The first kappa shape index (κ1) is 19.9. The number of amides is 2. The van der Waals surface area contributed by atoms with E-state index in [4.69, 9.17) is 9.47 Å². The minimum atomic E-state index is 0.0356. The molecule has 2 aromatic rings. The highest BCUT2D eigenvalue weighted by Crippen LogP contribution is 2.38. The van der Waals surface area contributed by atoms with Gasteiger partial charge >= 0.3 is 0 Å². The van der Waals surface area contributed by atoms with Gasteiger partial charge in [-0.25, -0.2) is 0 Å². The van der Waals surface area contributed by atoms with Gasteiger partial charge in [-0.3, -0.25) is 9.59 Å². The van der Waals surface area contributed by atoms with E-state index in [1.54, 1.807) is 0 Å². The SMILES string of the molecule is O=C1CCCN1Cc1cccc(C(=O)N2CCCC2c2ccc3c(c2)OCCCO3)c1. The zero-order valence-corrected chi connectivity index (χ0v) is 17.7. The Morgan fingerprint density at radius 2 is 1.84 bits per heavy atom. The second kappa shape index (κ2) is 8.61. The van der Waals surface area contributed by atoms with Gasteiger partial charge in [-0.1, -0.05) is 18.2 Å². The number of ether oxygens (including phenoxy) is 2. The molecule has 1 atom stereocenters. The van der Waals surface area contributed by atoms with Gasteiger partial charge in [-0.2, -0.15) is 0 Å². The van der Waals surface area contributed by atoms with E-state index in [0.717, 1.165) is 61.4 Å². The zero-order chi connectivity index (χ0) is 21.2. The molecule has 31 heavy (non-hydrogen) atoms. The smallest absolute Gasteiger partial charge is 0.254 e. The third-order valence-electron chi connectivity index (χ3n) is 6.39. The molecule has 2 amide bonds. The van der Waals surface area contributed by atoms with Crippen molar-refractivity contribution in [1.29, 1.82) is 0 Å². The molecule has 0 saturated carbocycles. The maximum Gasteiger partial charge on any atom is 0.254 e. The van der Waals surface area contributed by atoms with E-state index in [1.165, 1.54) is 0 Å². The monoisotopic (exact) mass is 420 g/mol. The number of carbonyl (C=O) groups excluding carboxylic acids is 2. The molecular formula is C25H28N2O4. The summed E-state index contributed by atoms with van der Waals surface area (Å²) in [5, 5.41) is 0. The van der Waals surface area contributed by atoms with Crippen LogP contribution in [0, 0.1) is 0 Å². The second-order valence-electron chi connectivity index (χ2n) is 8.53. The summed E-state index contributed by atoms with van der Waals surface area (Å²) in [5.74, 6) is 1.79. The lowest BCUT2D eigenvalue weighted by Gasteiger charge is -2.26. The fourth-order valence-electron chi connectivity index (χ4n) is 4.80. The number of hydrogen-bond acceptors (Lipinski definition) is 4. The lowest BCUT2D eigenvalue weighted by Crippen LogP contribution is -2.31. The predicted octanol–water partition coefficient (Wildman–Crippen LogP) is 3.95. The van der Waals surface area contributed by atoms with Gasteiger partial charge in [-0.05, 0) is 54.7 Å². The molecule has 3 aliphatic heterocycles. The number of nitrogens with zero attached hydrogens (tertiary/aromatic N) is 2. The molecule has 2 aromatic carbocycles. The Hall–Kier alpha value is -3.02. The molecule has 162 valence electrons. The molecule has 0 aromatic heterocycles. The number of likely N-dealkylation sites (tertiary alicyclic amines) is 2. The minimum Gasteiger partial charge on any atom is -0.490 e. The van der Waals surface area contributed by atoms with Crippen molar-refractivity contribution in [3.63, 3.8) is 0 Å². The lowest BCUT2D eigenvalue weighted by atomic mass is 10.0. The quantitative estimate of drug-likeness (QED) is 0.752. The van der Waals surface area contributed by atoms with Gasteiger partial charge in [0.25, 0.3) is 5.91 Å². The molecule has 3 heterocycles. The van der Waals surface area contributed by atoms with E-state index in [2.05, 4.69) is 6.07 Å². The maximum absolute atomic E-state index is 13.4. The zero-order valence-electron chi connectivity index (χ0n) is 17.7. The van der Waals surface area contributed by atoms with E-state index >= 15 is 0 Å². The summed E-state index contributed by atoms with van der Waals surface area (Å²) in [5.41, 5.74) is 2.78. The van der Waals surface area contributed by atoms with Crippen LogP contribution in [0.15, 0.2) is 42.5 Å². The second-order valence-corrected chi connectivity index (χ2v) is 8.53. The molecule has 2 fully saturated rings. The summed E-state index contributed by atoms with van der Waals surface area (Å²) in [6.45, 7) is 3.43. The summed E-state index contributed by atoms with van der Waals surface area (Å²) in [7, 11) is 0. The highest BCUT2D eigenvalue weighted by molar-refractivity contribution is 5.95. The van der Waals surface area contributed by atoms with Crippen molar-refractivity contribution in [3.05, 3.63) is 59.2 Å². The van der Waals surface area contributed by atoms with Crippen LogP contribution in [-0.2, 0) is 11.3 Å². The molecule has 0 N–H and O–H groups in total.